The average Bonchev–Trinajstić information content (AvgIpc) is 3.25. The van der Waals surface area contributed by atoms with Gasteiger partial charge in [-0.25, -0.2) is 13.1 Å². The third kappa shape index (κ3) is 3.37. The van der Waals surface area contributed by atoms with Gasteiger partial charge < -0.3 is 4.74 Å². The van der Waals surface area contributed by atoms with Gasteiger partial charge in [-0.1, -0.05) is 11.3 Å². The molecule has 0 saturated heterocycles. The Kier molecular flexibility index (Phi) is 4.18. The number of hydrogen-bond donors (Lipinski definition) is 1. The van der Waals surface area contributed by atoms with E-state index in [4.69, 9.17) is 4.74 Å². The Morgan fingerprint density at radius 3 is 2.72 bits per heavy atom. The Bertz CT molecular complexity index is 990. The second-order valence-corrected chi connectivity index (χ2v) is 8.65. The maximum absolute atomic E-state index is 12.3. The first kappa shape index (κ1) is 16.4. The van der Waals surface area contributed by atoms with E-state index in [0.29, 0.717) is 18.1 Å². The van der Waals surface area contributed by atoms with Crippen molar-refractivity contribution >= 4 is 26.3 Å². The number of benzene rings is 1. The maximum atomic E-state index is 12.3. The number of aromatic nitrogens is 4. The van der Waals surface area contributed by atoms with Crippen LogP contribution in [0.5, 0.6) is 5.75 Å². The van der Waals surface area contributed by atoms with Crippen molar-refractivity contribution in [1.29, 1.82) is 0 Å². The first-order valence-electron chi connectivity index (χ1n) is 7.91. The maximum Gasteiger partial charge on any atom is 0.240 e. The largest absolute Gasteiger partial charge is 0.497 e. The molecule has 1 fully saturated rings. The highest BCUT2D eigenvalue weighted by Crippen LogP contribution is 2.39. The molecule has 1 saturated carbocycles. The van der Waals surface area contributed by atoms with Gasteiger partial charge in [0.25, 0.3) is 0 Å². The van der Waals surface area contributed by atoms with Gasteiger partial charge in [-0.05, 0) is 37.1 Å². The lowest BCUT2D eigenvalue weighted by atomic mass is 10.3. The predicted octanol–water partition coefficient (Wildman–Crippen LogP) is 1.59. The molecule has 4 rings (SSSR count). The third-order valence-electron chi connectivity index (χ3n) is 4.00. The summed E-state index contributed by atoms with van der Waals surface area (Å²) in [6, 6.07) is 6.28. The molecule has 1 aliphatic carbocycles. The Morgan fingerprint density at radius 1 is 1.28 bits per heavy atom. The monoisotopic (exact) mass is 379 g/mol. The average molecular weight is 379 g/mol. The van der Waals surface area contributed by atoms with Crippen LogP contribution in [0.1, 0.15) is 29.6 Å². The molecule has 0 spiro atoms. The molecule has 0 amide bonds. The van der Waals surface area contributed by atoms with Crippen LogP contribution in [0.25, 0.3) is 4.96 Å². The molecule has 2 heterocycles. The Morgan fingerprint density at radius 2 is 2.04 bits per heavy atom. The van der Waals surface area contributed by atoms with Crippen molar-refractivity contribution < 1.29 is 13.2 Å². The highest BCUT2D eigenvalue weighted by molar-refractivity contribution is 7.89. The van der Waals surface area contributed by atoms with Crippen LogP contribution in [0.3, 0.4) is 0 Å². The SMILES string of the molecule is COc1ccc(S(=O)(=O)NCCc2nn3c(C4CC4)nnc3s2)cc1. The zero-order chi connectivity index (χ0) is 17.4. The fraction of sp³-hybridized carbons (Fsp3) is 0.400. The highest BCUT2D eigenvalue weighted by atomic mass is 32.2. The summed E-state index contributed by atoms with van der Waals surface area (Å²) in [4.78, 5) is 0.970. The zero-order valence-corrected chi connectivity index (χ0v) is 15.2. The molecule has 8 nitrogen and oxygen atoms in total. The zero-order valence-electron chi connectivity index (χ0n) is 13.5. The van der Waals surface area contributed by atoms with Gasteiger partial charge in [-0.2, -0.15) is 9.61 Å². The number of methoxy groups -OCH3 is 1. The third-order valence-corrected chi connectivity index (χ3v) is 6.44. The molecule has 3 aromatic rings. The van der Waals surface area contributed by atoms with Crippen LogP contribution in [0.2, 0.25) is 0 Å². The number of fused-ring (bicyclic) bond motifs is 1. The van der Waals surface area contributed by atoms with Gasteiger partial charge in [-0.15, -0.1) is 10.2 Å². The standard InChI is InChI=1S/C15H17N5O3S2/c1-23-11-4-6-12(7-5-11)25(21,22)16-9-8-13-19-20-14(10-2-3-10)17-18-15(20)24-13/h4-7,10,16H,2-3,8-9H2,1H3. The van der Waals surface area contributed by atoms with E-state index < -0.39 is 10.0 Å². The van der Waals surface area contributed by atoms with E-state index in [1.165, 1.54) is 30.6 Å². The van der Waals surface area contributed by atoms with Crippen molar-refractivity contribution in [3.63, 3.8) is 0 Å². The molecule has 2 aromatic heterocycles. The van der Waals surface area contributed by atoms with Crippen LogP contribution in [-0.2, 0) is 16.4 Å². The Balaban J connectivity index is 1.40. The summed E-state index contributed by atoms with van der Waals surface area (Å²) in [6.07, 6.45) is 2.78. The molecule has 10 heteroatoms. The smallest absolute Gasteiger partial charge is 0.240 e. The summed E-state index contributed by atoms with van der Waals surface area (Å²) in [5, 5.41) is 13.7. The van der Waals surface area contributed by atoms with E-state index in [0.717, 1.165) is 28.6 Å². The lowest BCUT2D eigenvalue weighted by molar-refractivity contribution is 0.414. The molecule has 1 aliphatic rings. The van der Waals surface area contributed by atoms with Gasteiger partial charge in [0, 0.05) is 18.9 Å². The lowest BCUT2D eigenvalue weighted by Crippen LogP contribution is -2.26. The Hall–Kier alpha value is -2.04. The topological polar surface area (TPSA) is 98.5 Å². The van der Waals surface area contributed by atoms with Gasteiger partial charge in [-0.3, -0.25) is 0 Å². The van der Waals surface area contributed by atoms with E-state index in [-0.39, 0.29) is 11.4 Å². The van der Waals surface area contributed by atoms with Crippen molar-refractivity contribution in [3.8, 4) is 5.75 Å². The van der Waals surface area contributed by atoms with E-state index in [9.17, 15) is 8.42 Å². The fourth-order valence-electron chi connectivity index (χ4n) is 2.50. The fourth-order valence-corrected chi connectivity index (χ4v) is 4.37. The van der Waals surface area contributed by atoms with Crippen molar-refractivity contribution in [2.45, 2.75) is 30.1 Å². The molecule has 0 unspecified atom stereocenters. The van der Waals surface area contributed by atoms with Crippen LogP contribution in [0.15, 0.2) is 29.2 Å². The van der Waals surface area contributed by atoms with Crippen molar-refractivity contribution in [1.82, 2.24) is 24.5 Å². The lowest BCUT2D eigenvalue weighted by Gasteiger charge is -2.06. The number of nitrogens with zero attached hydrogens (tertiary/aromatic N) is 4. The quantitative estimate of drug-likeness (QED) is 0.669. The molecule has 0 atom stereocenters. The molecule has 0 bridgehead atoms. The molecular formula is C15H17N5O3S2. The summed E-state index contributed by atoms with van der Waals surface area (Å²) >= 11 is 1.44. The minimum atomic E-state index is -3.55. The van der Waals surface area contributed by atoms with Crippen LogP contribution >= 0.6 is 11.3 Å². The minimum Gasteiger partial charge on any atom is -0.497 e. The second kappa shape index (κ2) is 6.36. The van der Waals surface area contributed by atoms with Crippen LogP contribution < -0.4 is 9.46 Å². The van der Waals surface area contributed by atoms with E-state index in [2.05, 4.69) is 20.0 Å². The summed E-state index contributed by atoms with van der Waals surface area (Å²) in [6.45, 7) is 0.275. The number of rotatable bonds is 7. The molecule has 132 valence electrons. The molecule has 0 aliphatic heterocycles. The van der Waals surface area contributed by atoms with Crippen LogP contribution in [0, 0.1) is 0 Å². The van der Waals surface area contributed by atoms with Crippen LogP contribution in [0.4, 0.5) is 0 Å². The summed E-state index contributed by atoms with van der Waals surface area (Å²) in [5.74, 6) is 2.00. The Labute approximate surface area is 148 Å². The molecule has 0 radical (unpaired) electrons. The predicted molar refractivity (Wildman–Crippen MR) is 92.5 cm³/mol. The van der Waals surface area contributed by atoms with E-state index >= 15 is 0 Å². The first-order valence-corrected chi connectivity index (χ1v) is 10.2. The van der Waals surface area contributed by atoms with Gasteiger partial charge >= 0.3 is 0 Å². The van der Waals surface area contributed by atoms with E-state index in [1.807, 2.05) is 0 Å². The van der Waals surface area contributed by atoms with Crippen molar-refractivity contribution in [3.05, 3.63) is 35.1 Å². The molecular weight excluding hydrogens is 362 g/mol. The molecule has 1 N–H and O–H groups in total. The number of ether oxygens (including phenoxy) is 1. The number of sulfonamides is 1. The van der Waals surface area contributed by atoms with Crippen molar-refractivity contribution in [2.75, 3.05) is 13.7 Å². The van der Waals surface area contributed by atoms with Crippen LogP contribution in [-0.4, -0.2) is 41.9 Å². The van der Waals surface area contributed by atoms with Gasteiger partial charge in [0.2, 0.25) is 15.0 Å². The van der Waals surface area contributed by atoms with Gasteiger partial charge in [0.1, 0.15) is 10.8 Å². The summed E-state index contributed by atoms with van der Waals surface area (Å²) in [5.41, 5.74) is 0. The normalized spacial score (nSPS) is 14.9. The van der Waals surface area contributed by atoms with Gasteiger partial charge in [0.05, 0.1) is 12.0 Å². The summed E-state index contributed by atoms with van der Waals surface area (Å²) in [7, 11) is -2.01. The number of hydrogen-bond acceptors (Lipinski definition) is 7. The minimum absolute atomic E-state index is 0.211. The summed E-state index contributed by atoms with van der Waals surface area (Å²) < 4.78 is 34.0. The first-order chi connectivity index (χ1) is 12.1. The van der Waals surface area contributed by atoms with Crippen molar-refractivity contribution in [2.24, 2.45) is 0 Å². The molecule has 1 aromatic carbocycles. The van der Waals surface area contributed by atoms with Gasteiger partial charge in [0.15, 0.2) is 5.82 Å². The highest BCUT2D eigenvalue weighted by Gasteiger charge is 2.30. The van der Waals surface area contributed by atoms with E-state index in [1.54, 1.807) is 16.6 Å². The second-order valence-electron chi connectivity index (χ2n) is 5.85. The number of nitrogens with one attached hydrogen (secondary N) is 1. The molecule has 25 heavy (non-hydrogen) atoms.